The van der Waals surface area contributed by atoms with Crippen LogP contribution in [0, 0.1) is 0 Å². The van der Waals surface area contributed by atoms with Gasteiger partial charge in [-0.1, -0.05) is 19.8 Å². The van der Waals surface area contributed by atoms with Gasteiger partial charge in [0.2, 0.25) is 0 Å². The second kappa shape index (κ2) is 6.49. The first kappa shape index (κ1) is 12.1. The SMILES string of the molecule is CCC1CCCCCN1/C=C/C(=O)OC. The van der Waals surface area contributed by atoms with E-state index in [0.29, 0.717) is 6.04 Å². The fraction of sp³-hybridized carbons (Fsp3) is 0.750. The van der Waals surface area contributed by atoms with Crippen molar-refractivity contribution in [3.05, 3.63) is 12.3 Å². The molecule has 0 N–H and O–H groups in total. The summed E-state index contributed by atoms with van der Waals surface area (Å²) in [7, 11) is 1.41. The van der Waals surface area contributed by atoms with Gasteiger partial charge in [0.15, 0.2) is 0 Å². The van der Waals surface area contributed by atoms with Crippen LogP contribution in [0.4, 0.5) is 0 Å². The third-order valence-corrected chi connectivity index (χ3v) is 3.00. The van der Waals surface area contributed by atoms with Crippen molar-refractivity contribution in [3.63, 3.8) is 0 Å². The van der Waals surface area contributed by atoms with Gasteiger partial charge in [-0.3, -0.25) is 0 Å². The number of likely N-dealkylation sites (tertiary alicyclic amines) is 1. The average molecular weight is 211 g/mol. The summed E-state index contributed by atoms with van der Waals surface area (Å²) in [6, 6.07) is 0.591. The van der Waals surface area contributed by atoms with E-state index in [2.05, 4.69) is 16.6 Å². The topological polar surface area (TPSA) is 29.5 Å². The molecule has 0 saturated carbocycles. The number of rotatable bonds is 3. The first-order valence-corrected chi connectivity index (χ1v) is 5.79. The van der Waals surface area contributed by atoms with E-state index in [1.165, 1.54) is 38.9 Å². The summed E-state index contributed by atoms with van der Waals surface area (Å²) in [5.41, 5.74) is 0. The third kappa shape index (κ3) is 3.94. The normalized spacial score (nSPS) is 22.8. The van der Waals surface area contributed by atoms with Crippen molar-refractivity contribution < 1.29 is 9.53 Å². The Bertz CT molecular complexity index is 226. The van der Waals surface area contributed by atoms with Crippen LogP contribution in [0.25, 0.3) is 0 Å². The van der Waals surface area contributed by atoms with Gasteiger partial charge in [0.1, 0.15) is 0 Å². The third-order valence-electron chi connectivity index (χ3n) is 3.00. The van der Waals surface area contributed by atoms with Crippen molar-refractivity contribution in [2.45, 2.75) is 45.1 Å². The molecule has 0 amide bonds. The first-order valence-electron chi connectivity index (χ1n) is 5.79. The number of ether oxygens (including phenoxy) is 1. The lowest BCUT2D eigenvalue weighted by Crippen LogP contribution is -2.29. The molecular weight excluding hydrogens is 190 g/mol. The monoisotopic (exact) mass is 211 g/mol. The van der Waals surface area contributed by atoms with Gasteiger partial charge in [-0.25, -0.2) is 4.79 Å². The highest BCUT2D eigenvalue weighted by molar-refractivity contribution is 5.81. The van der Waals surface area contributed by atoms with E-state index in [4.69, 9.17) is 0 Å². The molecule has 3 nitrogen and oxygen atoms in total. The standard InChI is InChI=1S/C12H21NO2/c1-3-11-7-5-4-6-9-13(11)10-8-12(14)15-2/h8,10-11H,3-7,9H2,1-2H3/b10-8+. The lowest BCUT2D eigenvalue weighted by molar-refractivity contribution is -0.134. The van der Waals surface area contributed by atoms with Crippen LogP contribution in [0.1, 0.15) is 39.0 Å². The second-order valence-corrected chi connectivity index (χ2v) is 3.99. The molecule has 0 bridgehead atoms. The van der Waals surface area contributed by atoms with Crippen LogP contribution in [0.5, 0.6) is 0 Å². The minimum atomic E-state index is -0.269. The highest BCUT2D eigenvalue weighted by Gasteiger charge is 2.16. The Labute approximate surface area is 92.1 Å². The lowest BCUT2D eigenvalue weighted by atomic mass is 10.1. The molecule has 1 atom stereocenters. The maximum Gasteiger partial charge on any atom is 0.331 e. The van der Waals surface area contributed by atoms with Crippen molar-refractivity contribution in [2.24, 2.45) is 0 Å². The van der Waals surface area contributed by atoms with Crippen molar-refractivity contribution in [1.82, 2.24) is 4.90 Å². The first-order chi connectivity index (χ1) is 7.27. The molecule has 0 aromatic heterocycles. The van der Waals surface area contributed by atoms with Crippen LogP contribution in [-0.2, 0) is 9.53 Å². The summed E-state index contributed by atoms with van der Waals surface area (Å²) in [5, 5.41) is 0. The molecule has 15 heavy (non-hydrogen) atoms. The van der Waals surface area contributed by atoms with Crippen LogP contribution in [-0.4, -0.2) is 30.6 Å². The largest absolute Gasteiger partial charge is 0.466 e. The molecule has 1 rings (SSSR count). The van der Waals surface area contributed by atoms with Gasteiger partial charge in [0.05, 0.1) is 7.11 Å². The maximum absolute atomic E-state index is 11.0. The van der Waals surface area contributed by atoms with E-state index in [9.17, 15) is 4.79 Å². The molecule has 1 fully saturated rings. The van der Waals surface area contributed by atoms with E-state index in [1.807, 2.05) is 6.20 Å². The number of hydrogen-bond acceptors (Lipinski definition) is 3. The molecule has 0 aromatic rings. The zero-order chi connectivity index (χ0) is 11.1. The molecule has 3 heteroatoms. The number of carbonyl (C=O) groups excluding carboxylic acids is 1. The highest BCUT2D eigenvalue weighted by atomic mass is 16.5. The van der Waals surface area contributed by atoms with Gasteiger partial charge >= 0.3 is 5.97 Å². The zero-order valence-electron chi connectivity index (χ0n) is 9.74. The quantitative estimate of drug-likeness (QED) is 0.530. The number of hydrogen-bond donors (Lipinski definition) is 0. The van der Waals surface area contributed by atoms with Gasteiger partial charge in [-0.05, 0) is 19.3 Å². The average Bonchev–Trinajstić information content (AvgIpc) is 2.50. The summed E-state index contributed by atoms with van der Waals surface area (Å²) in [4.78, 5) is 13.3. The number of methoxy groups -OCH3 is 1. The van der Waals surface area contributed by atoms with E-state index in [0.717, 1.165) is 13.0 Å². The predicted octanol–water partition coefficient (Wildman–Crippen LogP) is 2.33. The Morgan fingerprint density at radius 2 is 2.27 bits per heavy atom. The maximum atomic E-state index is 11.0. The zero-order valence-corrected chi connectivity index (χ0v) is 9.74. The summed E-state index contributed by atoms with van der Waals surface area (Å²) >= 11 is 0. The molecule has 0 radical (unpaired) electrons. The van der Waals surface area contributed by atoms with Crippen molar-refractivity contribution in [3.8, 4) is 0 Å². The molecule has 1 unspecified atom stereocenters. The molecule has 0 aliphatic carbocycles. The molecule has 0 spiro atoms. The van der Waals surface area contributed by atoms with Crippen molar-refractivity contribution in [1.29, 1.82) is 0 Å². The molecule has 1 heterocycles. The molecule has 1 aliphatic rings. The fourth-order valence-electron chi connectivity index (χ4n) is 2.06. The molecule has 86 valence electrons. The van der Waals surface area contributed by atoms with Crippen molar-refractivity contribution >= 4 is 5.97 Å². The minimum Gasteiger partial charge on any atom is -0.466 e. The van der Waals surface area contributed by atoms with Gasteiger partial charge in [0.25, 0.3) is 0 Å². The second-order valence-electron chi connectivity index (χ2n) is 3.99. The van der Waals surface area contributed by atoms with Gasteiger partial charge in [-0.2, -0.15) is 0 Å². The smallest absolute Gasteiger partial charge is 0.331 e. The predicted molar refractivity (Wildman–Crippen MR) is 60.4 cm³/mol. The van der Waals surface area contributed by atoms with E-state index in [1.54, 1.807) is 0 Å². The molecule has 1 aliphatic heterocycles. The summed E-state index contributed by atoms with van der Waals surface area (Å²) in [5.74, 6) is -0.269. The lowest BCUT2D eigenvalue weighted by Gasteiger charge is -2.27. The number of nitrogens with zero attached hydrogens (tertiary/aromatic N) is 1. The van der Waals surface area contributed by atoms with Crippen LogP contribution < -0.4 is 0 Å². The van der Waals surface area contributed by atoms with Gasteiger partial charge < -0.3 is 9.64 Å². The Morgan fingerprint density at radius 1 is 1.47 bits per heavy atom. The Kier molecular flexibility index (Phi) is 5.22. The fourth-order valence-corrected chi connectivity index (χ4v) is 2.06. The van der Waals surface area contributed by atoms with E-state index < -0.39 is 0 Å². The number of carbonyl (C=O) groups is 1. The van der Waals surface area contributed by atoms with E-state index in [-0.39, 0.29) is 5.97 Å². The van der Waals surface area contributed by atoms with E-state index >= 15 is 0 Å². The Morgan fingerprint density at radius 3 is 2.93 bits per heavy atom. The van der Waals surface area contributed by atoms with Crippen molar-refractivity contribution in [2.75, 3.05) is 13.7 Å². The van der Waals surface area contributed by atoms with Crippen LogP contribution in [0.2, 0.25) is 0 Å². The van der Waals surface area contributed by atoms with Gasteiger partial charge in [0, 0.05) is 24.9 Å². The van der Waals surface area contributed by atoms with Crippen LogP contribution in [0.15, 0.2) is 12.3 Å². The van der Waals surface area contributed by atoms with Crippen LogP contribution in [0.3, 0.4) is 0 Å². The molecule has 0 aromatic carbocycles. The molecular formula is C12H21NO2. The summed E-state index contributed by atoms with van der Waals surface area (Å²) < 4.78 is 4.59. The Hall–Kier alpha value is -0.990. The summed E-state index contributed by atoms with van der Waals surface area (Å²) in [6.45, 7) is 3.26. The number of esters is 1. The van der Waals surface area contributed by atoms with Crippen LogP contribution >= 0.6 is 0 Å². The molecule has 1 saturated heterocycles. The summed E-state index contributed by atoms with van der Waals surface area (Å²) in [6.07, 6.45) is 9.63. The minimum absolute atomic E-state index is 0.269. The van der Waals surface area contributed by atoms with Gasteiger partial charge in [-0.15, -0.1) is 0 Å². The highest BCUT2D eigenvalue weighted by Crippen LogP contribution is 2.19. The Balaban J connectivity index is 2.54.